The van der Waals surface area contributed by atoms with Crippen molar-refractivity contribution in [2.75, 3.05) is 0 Å². The average molecular weight is 324 g/mol. The van der Waals surface area contributed by atoms with Gasteiger partial charge in [-0.1, -0.05) is 0 Å². The summed E-state index contributed by atoms with van der Waals surface area (Å²) in [6.45, 7) is 2.13. The van der Waals surface area contributed by atoms with Crippen molar-refractivity contribution in [1.82, 2.24) is 3.26 Å². The number of hydrogen-bond acceptors (Lipinski definition) is 1. The molecule has 0 bridgehead atoms. The molecule has 0 unspecified atom stereocenters. The molecule has 0 radical (unpaired) electrons. The van der Waals surface area contributed by atoms with Gasteiger partial charge in [0, 0.05) is 0 Å². The molecule has 0 saturated heterocycles. The van der Waals surface area contributed by atoms with Crippen LogP contribution in [0, 0.1) is 25.0 Å². The fourth-order valence-corrected chi connectivity index (χ4v) is 0.950. The second-order valence-corrected chi connectivity index (χ2v) is 2.71. The summed E-state index contributed by atoms with van der Waals surface area (Å²) in [6.07, 6.45) is 4.08. The summed E-state index contributed by atoms with van der Waals surface area (Å²) >= 11 is 1.32. The first-order chi connectivity index (χ1) is 4.31. The predicted molar refractivity (Wildman–Crippen MR) is 32.3 cm³/mol. The Hall–Kier alpha value is 0.353. The number of carbonyl (C=O) groups is 1. The van der Waals surface area contributed by atoms with Crippen LogP contribution in [0.4, 0.5) is 0 Å². The normalized spacial score (nSPS) is 9.11. The molecule has 0 rings (SSSR count). The Morgan fingerprint density at radius 1 is 1.56 bits per heavy atom. The van der Waals surface area contributed by atoms with E-state index in [9.17, 15) is 4.79 Å². The van der Waals surface area contributed by atoms with Crippen molar-refractivity contribution in [3.05, 3.63) is 0 Å². The summed E-state index contributed by atoms with van der Waals surface area (Å²) in [5.41, 5.74) is 0. The fraction of sp³-hybridized carbons (Fsp3) is 0.833. The molecule has 9 heavy (non-hydrogen) atoms. The van der Waals surface area contributed by atoms with E-state index < -0.39 is 0 Å². The molecule has 1 amide bonds. The van der Waals surface area contributed by atoms with Crippen molar-refractivity contribution >= 4 is 5.91 Å². The van der Waals surface area contributed by atoms with Crippen molar-refractivity contribution in [2.24, 2.45) is 0 Å². The third kappa shape index (κ3) is 6.24. The molecule has 3 heteroatoms. The van der Waals surface area contributed by atoms with E-state index in [0.29, 0.717) is 6.42 Å². The summed E-state index contributed by atoms with van der Waals surface area (Å²) in [7, 11) is 0. The van der Waals surface area contributed by atoms with Gasteiger partial charge in [0.1, 0.15) is 0 Å². The van der Waals surface area contributed by atoms with Gasteiger partial charge in [-0.3, -0.25) is 0 Å². The Bertz CT molecular complexity index is 85.1. The Balaban J connectivity index is 2.97. The second-order valence-electron chi connectivity index (χ2n) is 1.97. The monoisotopic (exact) mass is 324 g/mol. The first kappa shape index (κ1) is 9.35. The van der Waals surface area contributed by atoms with Gasteiger partial charge in [0.05, 0.1) is 0 Å². The van der Waals surface area contributed by atoms with Crippen LogP contribution in [0.5, 0.6) is 0 Å². The van der Waals surface area contributed by atoms with Gasteiger partial charge in [-0.05, 0) is 0 Å². The maximum atomic E-state index is 10.6. The molecule has 0 aliphatic heterocycles. The van der Waals surface area contributed by atoms with Crippen LogP contribution in [0.2, 0.25) is 0 Å². The van der Waals surface area contributed by atoms with Gasteiger partial charge in [-0.25, -0.2) is 0 Å². The molecule has 0 aliphatic rings. The molecule has 1 N–H and O–H groups in total. The summed E-state index contributed by atoms with van der Waals surface area (Å²) in [6, 6.07) is 0. The van der Waals surface area contributed by atoms with Gasteiger partial charge in [0.25, 0.3) is 0 Å². The molecule has 0 aromatic carbocycles. The van der Waals surface area contributed by atoms with E-state index >= 15 is 0 Å². The summed E-state index contributed by atoms with van der Waals surface area (Å²) < 4.78 is 2.64. The molecule has 0 saturated carbocycles. The topological polar surface area (TPSA) is 29.1 Å². The molecule has 0 aromatic heterocycles. The van der Waals surface area contributed by atoms with Crippen molar-refractivity contribution in [2.45, 2.75) is 32.6 Å². The Morgan fingerprint density at radius 3 is 2.67 bits per heavy atom. The molecule has 0 atom stereocenters. The first-order valence-electron chi connectivity index (χ1n) is 3.20. The molecular formula is C6H12AtNO. The van der Waals surface area contributed by atoms with Crippen LogP contribution in [0.1, 0.15) is 32.6 Å². The fourth-order valence-electron chi connectivity index (χ4n) is 0.583. The minimum absolute atomic E-state index is 0.181. The van der Waals surface area contributed by atoms with Gasteiger partial charge in [-0.2, -0.15) is 0 Å². The van der Waals surface area contributed by atoms with E-state index in [4.69, 9.17) is 0 Å². The summed E-state index contributed by atoms with van der Waals surface area (Å²) in [5, 5.41) is 0. The summed E-state index contributed by atoms with van der Waals surface area (Å²) in [4.78, 5) is 10.6. The van der Waals surface area contributed by atoms with E-state index in [-0.39, 0.29) is 5.91 Å². The van der Waals surface area contributed by atoms with Crippen LogP contribution < -0.4 is 3.26 Å². The number of unbranched alkanes of at least 4 members (excludes halogenated alkanes) is 2. The number of nitrogens with one attached hydrogen (secondary N) is 1. The van der Waals surface area contributed by atoms with Gasteiger partial charge in [-0.15, -0.1) is 0 Å². The van der Waals surface area contributed by atoms with Crippen LogP contribution in [-0.2, 0) is 4.79 Å². The van der Waals surface area contributed by atoms with Gasteiger partial charge in [0.2, 0.25) is 0 Å². The summed E-state index contributed by atoms with van der Waals surface area (Å²) in [5.74, 6) is 0.181. The molecule has 0 spiro atoms. The molecule has 0 heterocycles. The van der Waals surface area contributed by atoms with Crippen LogP contribution in [0.3, 0.4) is 0 Å². The Labute approximate surface area is 71.6 Å². The number of rotatable bonds is 4. The SMILES string of the molecule is CCCCCC(=O)N[At]. The van der Waals surface area contributed by atoms with E-state index in [1.54, 1.807) is 0 Å². The van der Waals surface area contributed by atoms with Gasteiger partial charge >= 0.3 is 71.6 Å². The molecular weight excluding hydrogens is 312 g/mol. The van der Waals surface area contributed by atoms with Crippen molar-refractivity contribution in [3.8, 4) is 0 Å². The molecule has 0 fully saturated rings. The van der Waals surface area contributed by atoms with Gasteiger partial charge in [0.15, 0.2) is 0 Å². The van der Waals surface area contributed by atoms with Crippen molar-refractivity contribution in [1.29, 1.82) is 0 Å². The Morgan fingerprint density at radius 2 is 2.22 bits per heavy atom. The van der Waals surface area contributed by atoms with Gasteiger partial charge < -0.3 is 0 Å². The standard InChI is InChI=1S/C6H12AtNO/c1-2-3-4-5-6(9)8-7/h2-5H2,1H3,(H,8,9). The maximum absolute atomic E-state index is 10.6. The zero-order chi connectivity index (χ0) is 7.11. The van der Waals surface area contributed by atoms with E-state index in [0.717, 1.165) is 6.42 Å². The number of amides is 1. The van der Waals surface area contributed by atoms with Crippen LogP contribution in [-0.4, -0.2) is 5.91 Å². The number of carbonyl (C=O) groups excluding carboxylic acids is 1. The zero-order valence-corrected chi connectivity index (χ0v) is 8.55. The molecule has 0 aliphatic carbocycles. The third-order valence-corrected chi connectivity index (χ3v) is 1.93. The van der Waals surface area contributed by atoms with Crippen LogP contribution >= 0.6 is 0 Å². The predicted octanol–water partition coefficient (Wildman–Crippen LogP) is 1.15. The van der Waals surface area contributed by atoms with Crippen molar-refractivity contribution < 1.29 is 29.8 Å². The second kappa shape index (κ2) is 6.47. The van der Waals surface area contributed by atoms with Crippen molar-refractivity contribution in [3.63, 3.8) is 0 Å². The van der Waals surface area contributed by atoms with Crippen LogP contribution in [0.25, 0.3) is 0 Å². The van der Waals surface area contributed by atoms with E-state index in [2.05, 4.69) is 10.2 Å². The number of hydrogen-bond donors (Lipinski definition) is 1. The first-order valence-corrected chi connectivity index (χ1v) is 4.67. The zero-order valence-electron chi connectivity index (χ0n) is 5.61. The minimum atomic E-state index is 0.181. The third-order valence-electron chi connectivity index (χ3n) is 1.11. The Kier molecular flexibility index (Phi) is 6.73. The molecule has 54 valence electrons. The van der Waals surface area contributed by atoms with Crippen LogP contribution in [0.15, 0.2) is 0 Å². The van der Waals surface area contributed by atoms with E-state index in [1.807, 2.05) is 0 Å². The average Bonchev–Trinajstić information content (AvgIpc) is 1.89. The molecule has 2 nitrogen and oxygen atoms in total. The van der Waals surface area contributed by atoms with E-state index in [1.165, 1.54) is 37.9 Å². The molecule has 0 aromatic rings. The quantitative estimate of drug-likeness (QED) is 0.773.